The summed E-state index contributed by atoms with van der Waals surface area (Å²) in [5.74, 6) is 1.99. The van der Waals surface area contributed by atoms with Gasteiger partial charge < -0.3 is 9.47 Å². The van der Waals surface area contributed by atoms with Crippen LogP contribution in [0.2, 0.25) is 5.02 Å². The Kier molecular flexibility index (Phi) is 2.55. The van der Waals surface area contributed by atoms with Crippen molar-refractivity contribution >= 4 is 11.6 Å². The van der Waals surface area contributed by atoms with Crippen LogP contribution in [0.5, 0.6) is 11.5 Å². The van der Waals surface area contributed by atoms with E-state index in [2.05, 4.69) is 13.8 Å². The second kappa shape index (κ2) is 3.70. The highest BCUT2D eigenvalue weighted by Gasteiger charge is 2.23. The zero-order valence-corrected chi connectivity index (χ0v) is 9.04. The lowest BCUT2D eigenvalue weighted by Gasteiger charge is -2.28. The van der Waals surface area contributed by atoms with Crippen LogP contribution in [0.3, 0.4) is 0 Å². The standard InChI is InChI=1S/C11H13ClO2/c1-7(2)11-6-13-10-5-8(12)3-4-9(10)14-11/h3-5,7,11H,6H2,1-2H3. The Morgan fingerprint density at radius 1 is 1.36 bits per heavy atom. The average molecular weight is 213 g/mol. The van der Waals surface area contributed by atoms with Gasteiger partial charge in [0.05, 0.1) is 0 Å². The number of ether oxygens (including phenoxy) is 2. The quantitative estimate of drug-likeness (QED) is 0.712. The fraction of sp³-hybridized carbons (Fsp3) is 0.455. The summed E-state index contributed by atoms with van der Waals surface area (Å²) in [6, 6.07) is 5.45. The van der Waals surface area contributed by atoms with Crippen LogP contribution >= 0.6 is 11.6 Å². The molecule has 14 heavy (non-hydrogen) atoms. The van der Waals surface area contributed by atoms with Gasteiger partial charge in [-0.25, -0.2) is 0 Å². The molecule has 1 aliphatic heterocycles. The van der Waals surface area contributed by atoms with Crippen molar-refractivity contribution in [3.05, 3.63) is 23.2 Å². The minimum Gasteiger partial charge on any atom is -0.486 e. The van der Waals surface area contributed by atoms with E-state index in [0.717, 1.165) is 11.5 Å². The molecule has 0 N–H and O–H groups in total. The molecule has 1 aliphatic rings. The van der Waals surface area contributed by atoms with Gasteiger partial charge in [0, 0.05) is 11.1 Å². The summed E-state index contributed by atoms with van der Waals surface area (Å²) < 4.78 is 11.3. The van der Waals surface area contributed by atoms with Crippen LogP contribution < -0.4 is 9.47 Å². The molecule has 1 atom stereocenters. The SMILES string of the molecule is CC(C)C1COc2cc(Cl)ccc2O1. The Hall–Kier alpha value is -0.890. The predicted octanol–water partition coefficient (Wildman–Crippen LogP) is 3.14. The number of rotatable bonds is 1. The third-order valence-corrected chi connectivity index (χ3v) is 2.57. The van der Waals surface area contributed by atoms with Gasteiger partial charge in [0.15, 0.2) is 11.5 Å². The fourth-order valence-electron chi connectivity index (χ4n) is 1.39. The smallest absolute Gasteiger partial charge is 0.162 e. The highest BCUT2D eigenvalue weighted by molar-refractivity contribution is 6.30. The fourth-order valence-corrected chi connectivity index (χ4v) is 1.55. The van der Waals surface area contributed by atoms with E-state index in [1.54, 1.807) is 6.07 Å². The summed E-state index contributed by atoms with van der Waals surface area (Å²) in [4.78, 5) is 0. The molecule has 1 aromatic rings. The van der Waals surface area contributed by atoms with Crippen LogP contribution in [-0.4, -0.2) is 12.7 Å². The van der Waals surface area contributed by atoms with Crippen LogP contribution in [0, 0.1) is 5.92 Å². The molecule has 2 rings (SSSR count). The Morgan fingerprint density at radius 3 is 2.86 bits per heavy atom. The number of benzene rings is 1. The van der Waals surface area contributed by atoms with Crippen LogP contribution in [-0.2, 0) is 0 Å². The molecule has 2 nitrogen and oxygen atoms in total. The monoisotopic (exact) mass is 212 g/mol. The molecule has 76 valence electrons. The minimum absolute atomic E-state index is 0.142. The average Bonchev–Trinajstić information content (AvgIpc) is 2.16. The first-order valence-electron chi connectivity index (χ1n) is 4.76. The van der Waals surface area contributed by atoms with E-state index in [4.69, 9.17) is 21.1 Å². The van der Waals surface area contributed by atoms with Gasteiger partial charge in [0.25, 0.3) is 0 Å². The molecular weight excluding hydrogens is 200 g/mol. The first kappa shape index (κ1) is 9.66. The molecule has 0 aliphatic carbocycles. The van der Waals surface area contributed by atoms with Gasteiger partial charge in [0.2, 0.25) is 0 Å². The summed E-state index contributed by atoms with van der Waals surface area (Å²) in [5, 5.41) is 0.676. The Bertz CT molecular complexity index is 336. The molecular formula is C11H13ClO2. The van der Waals surface area contributed by atoms with Crippen molar-refractivity contribution in [2.24, 2.45) is 5.92 Å². The summed E-state index contributed by atoms with van der Waals surface area (Å²) in [6.45, 7) is 4.84. The molecule has 0 saturated carbocycles. The van der Waals surface area contributed by atoms with Crippen molar-refractivity contribution in [3.8, 4) is 11.5 Å². The van der Waals surface area contributed by atoms with Gasteiger partial charge in [-0.1, -0.05) is 25.4 Å². The van der Waals surface area contributed by atoms with Crippen molar-refractivity contribution in [2.45, 2.75) is 20.0 Å². The largest absolute Gasteiger partial charge is 0.486 e. The Balaban J connectivity index is 2.23. The third-order valence-electron chi connectivity index (χ3n) is 2.33. The van der Waals surface area contributed by atoms with Gasteiger partial charge in [-0.3, -0.25) is 0 Å². The maximum absolute atomic E-state index is 5.84. The molecule has 0 aromatic heterocycles. The highest BCUT2D eigenvalue weighted by Crippen LogP contribution is 2.35. The molecule has 0 spiro atoms. The second-order valence-electron chi connectivity index (χ2n) is 3.80. The van der Waals surface area contributed by atoms with Crippen molar-refractivity contribution in [3.63, 3.8) is 0 Å². The van der Waals surface area contributed by atoms with E-state index in [0.29, 0.717) is 17.5 Å². The summed E-state index contributed by atoms with van der Waals surface area (Å²) in [5.41, 5.74) is 0. The van der Waals surface area contributed by atoms with Crippen LogP contribution in [0.1, 0.15) is 13.8 Å². The second-order valence-corrected chi connectivity index (χ2v) is 4.24. The van der Waals surface area contributed by atoms with Gasteiger partial charge >= 0.3 is 0 Å². The lowest BCUT2D eigenvalue weighted by Crippen LogP contribution is -2.33. The normalized spacial score (nSPS) is 19.9. The van der Waals surface area contributed by atoms with Gasteiger partial charge in [-0.15, -0.1) is 0 Å². The van der Waals surface area contributed by atoms with Gasteiger partial charge in [-0.2, -0.15) is 0 Å². The van der Waals surface area contributed by atoms with Crippen molar-refractivity contribution in [1.29, 1.82) is 0 Å². The lowest BCUT2D eigenvalue weighted by molar-refractivity contribution is 0.0591. The zero-order chi connectivity index (χ0) is 10.1. The third kappa shape index (κ3) is 1.80. The summed E-state index contributed by atoms with van der Waals surface area (Å²) >= 11 is 5.84. The van der Waals surface area contributed by atoms with E-state index < -0.39 is 0 Å². The lowest BCUT2D eigenvalue weighted by atomic mass is 10.1. The van der Waals surface area contributed by atoms with Crippen LogP contribution in [0.4, 0.5) is 0 Å². The van der Waals surface area contributed by atoms with E-state index in [9.17, 15) is 0 Å². The maximum atomic E-state index is 5.84. The first-order chi connectivity index (χ1) is 6.66. The van der Waals surface area contributed by atoms with Crippen molar-refractivity contribution in [2.75, 3.05) is 6.61 Å². The van der Waals surface area contributed by atoms with Crippen molar-refractivity contribution in [1.82, 2.24) is 0 Å². The molecule has 0 radical (unpaired) electrons. The van der Waals surface area contributed by atoms with Crippen LogP contribution in [0.15, 0.2) is 18.2 Å². The first-order valence-corrected chi connectivity index (χ1v) is 5.13. The highest BCUT2D eigenvalue weighted by atomic mass is 35.5. The van der Waals surface area contributed by atoms with Gasteiger partial charge in [0.1, 0.15) is 12.7 Å². The van der Waals surface area contributed by atoms with E-state index >= 15 is 0 Å². The maximum Gasteiger partial charge on any atom is 0.162 e. The molecule has 0 bridgehead atoms. The van der Waals surface area contributed by atoms with Gasteiger partial charge in [-0.05, 0) is 18.1 Å². The Morgan fingerprint density at radius 2 is 2.14 bits per heavy atom. The van der Waals surface area contributed by atoms with E-state index in [-0.39, 0.29) is 6.10 Å². The topological polar surface area (TPSA) is 18.5 Å². The Labute approximate surface area is 88.8 Å². The minimum atomic E-state index is 0.142. The molecule has 1 aromatic carbocycles. The van der Waals surface area contributed by atoms with Crippen molar-refractivity contribution < 1.29 is 9.47 Å². The number of halogens is 1. The summed E-state index contributed by atoms with van der Waals surface area (Å²) in [6.07, 6.45) is 0.142. The van der Waals surface area contributed by atoms with E-state index in [1.165, 1.54) is 0 Å². The van der Waals surface area contributed by atoms with E-state index in [1.807, 2.05) is 12.1 Å². The molecule has 1 heterocycles. The molecule has 3 heteroatoms. The molecule has 0 fully saturated rings. The molecule has 1 unspecified atom stereocenters. The molecule has 0 amide bonds. The molecule has 0 saturated heterocycles. The summed E-state index contributed by atoms with van der Waals surface area (Å²) in [7, 11) is 0. The number of fused-ring (bicyclic) bond motifs is 1. The number of hydrogen-bond acceptors (Lipinski definition) is 2. The zero-order valence-electron chi connectivity index (χ0n) is 8.29. The van der Waals surface area contributed by atoms with Crippen LogP contribution in [0.25, 0.3) is 0 Å². The number of hydrogen-bond donors (Lipinski definition) is 0. The predicted molar refractivity (Wildman–Crippen MR) is 56.2 cm³/mol.